The predicted molar refractivity (Wildman–Crippen MR) is 221 cm³/mol. The number of aliphatic imine (C=N–C) groups is 1. The number of imidazole rings is 2. The van der Waals surface area contributed by atoms with Crippen LogP contribution in [0.2, 0.25) is 5.02 Å². The van der Waals surface area contributed by atoms with E-state index in [4.69, 9.17) is 31.2 Å². The van der Waals surface area contributed by atoms with Gasteiger partial charge < -0.3 is 29.4 Å². The van der Waals surface area contributed by atoms with Crippen molar-refractivity contribution in [2.75, 3.05) is 27.3 Å². The van der Waals surface area contributed by atoms with E-state index in [0.717, 1.165) is 82.9 Å². The van der Waals surface area contributed by atoms with Gasteiger partial charge in [0.25, 0.3) is 11.8 Å². The van der Waals surface area contributed by atoms with Crippen molar-refractivity contribution in [3.05, 3.63) is 143 Å². The Bertz CT molecular complexity index is 2360. The molecular formula is C45H44ClN7O5. The molecular weight excluding hydrogens is 754 g/mol. The zero-order chi connectivity index (χ0) is 40.0. The smallest absolute Gasteiger partial charge is 0.256 e. The number of hydrogen-bond donors (Lipinski definition) is 2. The first kappa shape index (κ1) is 38.8. The van der Waals surface area contributed by atoms with E-state index in [2.05, 4.69) is 68.4 Å². The molecule has 4 aromatic carbocycles. The Morgan fingerprint density at radius 2 is 1.24 bits per heavy atom. The van der Waals surface area contributed by atoms with E-state index >= 15 is 0 Å². The monoisotopic (exact) mass is 797 g/mol. The third-order valence-electron chi connectivity index (χ3n) is 11.0. The molecule has 0 spiro atoms. The largest absolute Gasteiger partial charge is 0.367 e. The number of amides is 2. The summed E-state index contributed by atoms with van der Waals surface area (Å²) in [6.45, 7) is 1.23. The maximum Gasteiger partial charge on any atom is 0.256 e. The fraction of sp³-hybridized carbons (Fsp3) is 0.267. The van der Waals surface area contributed by atoms with Crippen molar-refractivity contribution >= 4 is 29.8 Å². The number of hydrogen-bond acceptors (Lipinski definition) is 8. The van der Waals surface area contributed by atoms with E-state index in [9.17, 15) is 9.59 Å². The number of carbonyl (C=O) groups is 2. The summed E-state index contributed by atoms with van der Waals surface area (Å²) in [4.78, 5) is 61.6. The molecule has 58 heavy (non-hydrogen) atoms. The number of H-pyrrole nitrogens is 2. The average Bonchev–Trinajstić information content (AvgIpc) is 4.11. The Kier molecular flexibility index (Phi) is 11.8. The van der Waals surface area contributed by atoms with Gasteiger partial charge in [-0.2, -0.15) is 4.89 Å². The lowest BCUT2D eigenvalue weighted by Crippen LogP contribution is -2.35. The van der Waals surface area contributed by atoms with Crippen molar-refractivity contribution < 1.29 is 24.1 Å². The van der Waals surface area contributed by atoms with E-state index in [1.165, 1.54) is 7.11 Å². The highest BCUT2D eigenvalue weighted by Gasteiger charge is 2.38. The molecule has 296 valence electrons. The number of nitrogens with one attached hydrogen (secondary N) is 2. The number of carbonyl (C=O) groups excluding carboxylic acids is 2. The van der Waals surface area contributed by atoms with Crippen LogP contribution < -0.4 is 0 Å². The molecule has 2 aromatic heterocycles. The number of aromatic nitrogens is 4. The fourth-order valence-corrected chi connectivity index (χ4v) is 8.28. The maximum atomic E-state index is 14.0. The molecule has 8 rings (SSSR count). The lowest BCUT2D eigenvalue weighted by molar-refractivity contribution is -0.188. The van der Waals surface area contributed by atoms with Gasteiger partial charge in [-0.05, 0) is 59.6 Å². The van der Waals surface area contributed by atoms with Crippen LogP contribution in [-0.2, 0) is 24.1 Å². The minimum absolute atomic E-state index is 0.0512. The van der Waals surface area contributed by atoms with Crippen molar-refractivity contribution in [1.29, 1.82) is 0 Å². The Hall–Kier alpha value is -6.08. The first-order valence-corrected chi connectivity index (χ1v) is 19.8. The lowest BCUT2D eigenvalue weighted by Gasteiger charge is -2.27. The van der Waals surface area contributed by atoms with E-state index < -0.39 is 12.1 Å². The summed E-state index contributed by atoms with van der Waals surface area (Å²) in [6.07, 6.45) is 7.46. The van der Waals surface area contributed by atoms with Crippen molar-refractivity contribution in [1.82, 2.24) is 29.7 Å². The Balaban J connectivity index is 0.929. The second kappa shape index (κ2) is 17.6. The molecule has 12 nitrogen and oxygen atoms in total. The summed E-state index contributed by atoms with van der Waals surface area (Å²) in [5, 5.41) is 0.445. The molecule has 0 aliphatic carbocycles. The molecule has 0 unspecified atom stereocenters. The van der Waals surface area contributed by atoms with Gasteiger partial charge in [-0.3, -0.25) is 9.59 Å². The first-order chi connectivity index (χ1) is 28.4. The topological polar surface area (TPSA) is 138 Å². The maximum absolute atomic E-state index is 14.0. The van der Waals surface area contributed by atoms with Gasteiger partial charge in [0, 0.05) is 30.8 Å². The summed E-state index contributed by atoms with van der Waals surface area (Å²) in [6, 6.07) is 32.2. The van der Waals surface area contributed by atoms with Gasteiger partial charge in [0.2, 0.25) is 6.40 Å². The number of aromatic amines is 2. The van der Waals surface area contributed by atoms with Gasteiger partial charge in [0.15, 0.2) is 12.1 Å². The van der Waals surface area contributed by atoms with Gasteiger partial charge in [0.05, 0.1) is 43.0 Å². The molecule has 0 radical (unpaired) electrons. The summed E-state index contributed by atoms with van der Waals surface area (Å²) < 4.78 is 5.66. The Morgan fingerprint density at radius 1 is 0.724 bits per heavy atom. The van der Waals surface area contributed by atoms with Crippen molar-refractivity contribution in [3.63, 3.8) is 0 Å². The highest BCUT2D eigenvalue weighted by molar-refractivity contribution is 6.31. The van der Waals surface area contributed by atoms with Crippen LogP contribution in [0.15, 0.2) is 121 Å². The summed E-state index contributed by atoms with van der Waals surface area (Å²) in [7, 11) is 2.95. The molecule has 2 fully saturated rings. The molecule has 2 aliphatic heterocycles. The standard InChI is InChI=1S/C45H44ClN7O5/c1-56-41(33-10-4-3-5-11-33)45(55)53-25-9-15-39(53)43-48-27-37(51-43)32-22-18-30(19-23-32)29-16-20-31(21-17-29)36-26-47-42(50-36)38-14-8-24-52(38)44(54)40(49-28-58-57-2)34-12-6-7-13-35(34)46/h3-7,10-13,16-23,26-28,38-41H,8-9,14-15,24-25H2,1-2H3,(H,47,50)(H,48,51)/b49-28-/t38-,39-,40+,41+/m0/s1. The average molecular weight is 798 g/mol. The number of methoxy groups -OCH3 is 1. The molecule has 2 N–H and O–H groups in total. The number of likely N-dealkylation sites (tertiary alicyclic amines) is 2. The first-order valence-electron chi connectivity index (χ1n) is 19.4. The van der Waals surface area contributed by atoms with Gasteiger partial charge in [-0.15, -0.1) is 0 Å². The van der Waals surface area contributed by atoms with Crippen LogP contribution in [0.3, 0.4) is 0 Å². The summed E-state index contributed by atoms with van der Waals surface area (Å²) >= 11 is 6.50. The normalized spacial score (nSPS) is 17.8. The number of nitrogens with zero attached hydrogens (tertiary/aromatic N) is 5. The molecule has 0 bridgehead atoms. The SMILES string of the molecule is COO/C=N\[C@@H](C(=O)N1CCC[C@H]1c1ncc(-c2ccc(-c3ccc(-c4cnc([C@@H]5CCCN5C(=O)[C@H](OC)c5ccccc5)[nH]4)cc3)cc2)[nH]1)c1ccccc1Cl. The van der Waals surface area contributed by atoms with Crippen molar-refractivity contribution in [2.45, 2.75) is 49.9 Å². The minimum Gasteiger partial charge on any atom is -0.367 e. The van der Waals surface area contributed by atoms with Crippen molar-refractivity contribution in [3.8, 4) is 33.6 Å². The van der Waals surface area contributed by atoms with E-state index in [-0.39, 0.29) is 23.9 Å². The molecule has 2 saturated heterocycles. The molecule has 4 heterocycles. The number of benzene rings is 4. The predicted octanol–water partition coefficient (Wildman–Crippen LogP) is 8.85. The quantitative estimate of drug-likeness (QED) is 0.0516. The van der Waals surface area contributed by atoms with Gasteiger partial charge in [-0.1, -0.05) is 109 Å². The van der Waals surface area contributed by atoms with Crippen molar-refractivity contribution in [2.24, 2.45) is 4.99 Å². The van der Waals surface area contributed by atoms with Crippen LogP contribution in [0.5, 0.6) is 0 Å². The molecule has 6 aromatic rings. The van der Waals surface area contributed by atoms with Crippen LogP contribution in [-0.4, -0.2) is 75.3 Å². The van der Waals surface area contributed by atoms with Gasteiger partial charge >= 0.3 is 0 Å². The van der Waals surface area contributed by atoms with E-state index in [1.54, 1.807) is 19.2 Å². The second-order valence-corrected chi connectivity index (χ2v) is 14.8. The Morgan fingerprint density at radius 3 is 1.78 bits per heavy atom. The molecule has 13 heteroatoms. The summed E-state index contributed by atoms with van der Waals surface area (Å²) in [5.41, 5.74) is 7.32. The number of halogens is 1. The van der Waals surface area contributed by atoms with Crippen LogP contribution >= 0.6 is 11.6 Å². The third-order valence-corrected chi connectivity index (χ3v) is 11.3. The zero-order valence-corrected chi connectivity index (χ0v) is 33.0. The van der Waals surface area contributed by atoms with Gasteiger partial charge in [0.1, 0.15) is 11.6 Å². The molecule has 4 atom stereocenters. The van der Waals surface area contributed by atoms with Crippen LogP contribution in [0.1, 0.15) is 72.7 Å². The summed E-state index contributed by atoms with van der Waals surface area (Å²) in [5.74, 6) is 1.25. The van der Waals surface area contributed by atoms with Crippen LogP contribution in [0.25, 0.3) is 33.6 Å². The van der Waals surface area contributed by atoms with Crippen LogP contribution in [0, 0.1) is 0 Å². The fourth-order valence-electron chi connectivity index (χ4n) is 8.04. The zero-order valence-electron chi connectivity index (χ0n) is 32.3. The second-order valence-electron chi connectivity index (χ2n) is 14.4. The Labute approximate surface area is 341 Å². The minimum atomic E-state index is -0.896. The van der Waals surface area contributed by atoms with Crippen LogP contribution in [0.4, 0.5) is 0 Å². The third kappa shape index (κ3) is 8.04. The highest BCUT2D eigenvalue weighted by atomic mass is 35.5. The molecule has 2 aliphatic rings. The highest BCUT2D eigenvalue weighted by Crippen LogP contribution is 2.38. The lowest BCUT2D eigenvalue weighted by atomic mass is 10.0. The van der Waals surface area contributed by atoms with Gasteiger partial charge in [-0.25, -0.2) is 15.0 Å². The van der Waals surface area contributed by atoms with E-state index in [1.807, 2.05) is 64.7 Å². The number of ether oxygens (including phenoxy) is 1. The van der Waals surface area contributed by atoms with E-state index in [0.29, 0.717) is 23.7 Å². The molecule has 0 saturated carbocycles. The molecule has 2 amide bonds. The number of rotatable bonds is 13.